The Hall–Kier alpha value is -1.66. The van der Waals surface area contributed by atoms with Gasteiger partial charge in [0.1, 0.15) is 18.7 Å². The Morgan fingerprint density at radius 1 is 1.61 bits per heavy atom. The largest absolute Gasteiger partial charge is 0.465 e. The lowest BCUT2D eigenvalue weighted by molar-refractivity contribution is -0.112. The molecule has 1 aromatic rings. The fourth-order valence-electron chi connectivity index (χ4n) is 1.33. The SMILES string of the molecule is O=CCOCC(NC(=O)O)c1ccc(Cl)c(F)c1. The zero-order chi connectivity index (χ0) is 13.5. The van der Waals surface area contributed by atoms with E-state index in [0.29, 0.717) is 11.8 Å². The second-order valence-electron chi connectivity index (χ2n) is 3.38. The summed E-state index contributed by atoms with van der Waals surface area (Å²) in [5.74, 6) is -0.651. The molecule has 0 aliphatic rings. The lowest BCUT2D eigenvalue weighted by Gasteiger charge is -2.17. The minimum Gasteiger partial charge on any atom is -0.465 e. The molecular weight excluding hydrogens is 265 g/mol. The molecule has 0 aliphatic heterocycles. The molecule has 18 heavy (non-hydrogen) atoms. The fraction of sp³-hybridized carbons (Fsp3) is 0.273. The van der Waals surface area contributed by atoms with Crippen LogP contribution in [0.4, 0.5) is 9.18 Å². The van der Waals surface area contributed by atoms with Crippen LogP contribution in [0.25, 0.3) is 0 Å². The number of carbonyl (C=O) groups is 2. The van der Waals surface area contributed by atoms with Crippen LogP contribution in [0.15, 0.2) is 18.2 Å². The average Bonchev–Trinajstić information content (AvgIpc) is 2.31. The highest BCUT2D eigenvalue weighted by atomic mass is 35.5. The van der Waals surface area contributed by atoms with E-state index in [1.807, 2.05) is 0 Å². The van der Waals surface area contributed by atoms with Crippen LogP contribution in [0.2, 0.25) is 5.02 Å². The van der Waals surface area contributed by atoms with Gasteiger partial charge in [-0.05, 0) is 17.7 Å². The third-order valence-corrected chi connectivity index (χ3v) is 2.42. The molecule has 0 saturated carbocycles. The maximum atomic E-state index is 13.3. The summed E-state index contributed by atoms with van der Waals surface area (Å²) < 4.78 is 18.2. The van der Waals surface area contributed by atoms with Gasteiger partial charge in [-0.1, -0.05) is 17.7 Å². The van der Waals surface area contributed by atoms with Crippen LogP contribution >= 0.6 is 11.6 Å². The van der Waals surface area contributed by atoms with Crippen LogP contribution < -0.4 is 5.32 Å². The van der Waals surface area contributed by atoms with Gasteiger partial charge < -0.3 is 20.0 Å². The number of hydrogen-bond donors (Lipinski definition) is 2. The molecule has 1 unspecified atom stereocenters. The van der Waals surface area contributed by atoms with E-state index >= 15 is 0 Å². The molecular formula is C11H11ClFNO4. The van der Waals surface area contributed by atoms with Gasteiger partial charge in [0.05, 0.1) is 17.7 Å². The molecule has 5 nitrogen and oxygen atoms in total. The molecule has 0 aliphatic carbocycles. The zero-order valence-electron chi connectivity index (χ0n) is 9.23. The number of ether oxygens (including phenoxy) is 1. The molecule has 1 amide bonds. The van der Waals surface area contributed by atoms with E-state index < -0.39 is 18.0 Å². The predicted octanol–water partition coefficient (Wildman–Crippen LogP) is 2.00. The highest BCUT2D eigenvalue weighted by molar-refractivity contribution is 6.30. The predicted molar refractivity (Wildman–Crippen MR) is 62.2 cm³/mol. The average molecular weight is 276 g/mol. The first-order chi connectivity index (χ1) is 8.54. The second-order valence-corrected chi connectivity index (χ2v) is 3.79. The van der Waals surface area contributed by atoms with E-state index in [1.165, 1.54) is 12.1 Å². The van der Waals surface area contributed by atoms with Gasteiger partial charge in [-0.15, -0.1) is 0 Å². The summed E-state index contributed by atoms with van der Waals surface area (Å²) in [5, 5.41) is 10.8. The topological polar surface area (TPSA) is 75.6 Å². The number of halogens is 2. The number of nitrogens with one attached hydrogen (secondary N) is 1. The molecule has 2 N–H and O–H groups in total. The molecule has 0 radical (unpaired) electrons. The molecule has 0 bridgehead atoms. The van der Waals surface area contributed by atoms with E-state index in [1.54, 1.807) is 0 Å². The van der Waals surface area contributed by atoms with Crippen LogP contribution in [-0.2, 0) is 9.53 Å². The van der Waals surface area contributed by atoms with Gasteiger partial charge in [0.15, 0.2) is 0 Å². The Kier molecular flexibility index (Phi) is 5.54. The lowest BCUT2D eigenvalue weighted by atomic mass is 10.1. The summed E-state index contributed by atoms with van der Waals surface area (Å²) in [6, 6.07) is 3.15. The molecule has 0 fully saturated rings. The highest BCUT2D eigenvalue weighted by Crippen LogP contribution is 2.20. The van der Waals surface area contributed by atoms with E-state index in [4.69, 9.17) is 21.4 Å². The van der Waals surface area contributed by atoms with Gasteiger partial charge in [0.25, 0.3) is 0 Å². The first-order valence-corrected chi connectivity index (χ1v) is 5.38. The van der Waals surface area contributed by atoms with E-state index in [0.717, 1.165) is 6.07 Å². The van der Waals surface area contributed by atoms with Crippen LogP contribution in [-0.4, -0.2) is 30.7 Å². The van der Waals surface area contributed by atoms with Crippen molar-refractivity contribution in [2.75, 3.05) is 13.2 Å². The molecule has 7 heteroatoms. The number of amides is 1. The van der Waals surface area contributed by atoms with Gasteiger partial charge in [-0.25, -0.2) is 9.18 Å². The Morgan fingerprint density at radius 3 is 2.89 bits per heavy atom. The molecule has 1 aromatic carbocycles. The fourth-order valence-corrected chi connectivity index (χ4v) is 1.45. The van der Waals surface area contributed by atoms with Gasteiger partial charge in [-0.3, -0.25) is 0 Å². The van der Waals surface area contributed by atoms with Gasteiger partial charge in [0.2, 0.25) is 0 Å². The molecule has 0 heterocycles. The normalized spacial score (nSPS) is 11.9. The van der Waals surface area contributed by atoms with Crippen molar-refractivity contribution >= 4 is 24.0 Å². The minimum atomic E-state index is -1.27. The van der Waals surface area contributed by atoms with Crippen LogP contribution in [0, 0.1) is 5.82 Å². The molecule has 1 rings (SSSR count). The molecule has 98 valence electrons. The van der Waals surface area contributed by atoms with Crippen molar-refractivity contribution in [3.05, 3.63) is 34.6 Å². The lowest BCUT2D eigenvalue weighted by Crippen LogP contribution is -2.30. The monoisotopic (exact) mass is 275 g/mol. The summed E-state index contributed by atoms with van der Waals surface area (Å²) in [4.78, 5) is 20.7. The molecule has 0 spiro atoms. The maximum Gasteiger partial charge on any atom is 0.405 e. The molecule has 0 aromatic heterocycles. The highest BCUT2D eigenvalue weighted by Gasteiger charge is 2.15. The van der Waals surface area contributed by atoms with Crippen LogP contribution in [0.3, 0.4) is 0 Å². The van der Waals surface area contributed by atoms with Crippen molar-refractivity contribution in [2.24, 2.45) is 0 Å². The first-order valence-electron chi connectivity index (χ1n) is 5.00. The quantitative estimate of drug-likeness (QED) is 0.615. The number of carboxylic acid groups (broad SMARTS) is 1. The maximum absolute atomic E-state index is 13.3. The summed E-state index contributed by atoms with van der Waals surface area (Å²) in [6.45, 7) is -0.236. The Balaban J connectivity index is 2.82. The molecule has 0 saturated heterocycles. The van der Waals surface area contributed by atoms with Crippen molar-refractivity contribution in [1.82, 2.24) is 5.32 Å². The Labute approximate surface area is 108 Å². The van der Waals surface area contributed by atoms with E-state index in [-0.39, 0.29) is 18.2 Å². The first kappa shape index (κ1) is 14.4. The Morgan fingerprint density at radius 2 is 2.33 bits per heavy atom. The minimum absolute atomic E-state index is 0.0540. The summed E-state index contributed by atoms with van der Waals surface area (Å²) in [5.41, 5.74) is 0.366. The van der Waals surface area contributed by atoms with Crippen molar-refractivity contribution in [3.63, 3.8) is 0 Å². The third kappa shape index (κ3) is 4.31. The van der Waals surface area contributed by atoms with Gasteiger partial charge in [0, 0.05) is 0 Å². The number of benzene rings is 1. The van der Waals surface area contributed by atoms with Crippen molar-refractivity contribution in [3.8, 4) is 0 Å². The second kappa shape index (κ2) is 6.93. The van der Waals surface area contributed by atoms with E-state index in [2.05, 4.69) is 5.32 Å². The Bertz CT molecular complexity index is 441. The zero-order valence-corrected chi connectivity index (χ0v) is 9.98. The van der Waals surface area contributed by atoms with E-state index in [9.17, 15) is 14.0 Å². The van der Waals surface area contributed by atoms with Crippen molar-refractivity contribution < 1.29 is 23.8 Å². The number of hydrogen-bond acceptors (Lipinski definition) is 3. The summed E-state index contributed by atoms with van der Waals surface area (Å²) in [6.07, 6.45) is -0.731. The standard InChI is InChI=1S/C11H11ClFNO4/c12-8-2-1-7(5-9(8)13)10(14-11(16)17)6-18-4-3-15/h1-3,5,10,14H,4,6H2,(H,16,17). The number of rotatable bonds is 6. The van der Waals surface area contributed by atoms with Crippen molar-refractivity contribution in [2.45, 2.75) is 6.04 Å². The number of aldehydes is 1. The third-order valence-electron chi connectivity index (χ3n) is 2.11. The smallest absolute Gasteiger partial charge is 0.405 e. The summed E-state index contributed by atoms with van der Waals surface area (Å²) in [7, 11) is 0. The molecule has 1 atom stereocenters. The number of carbonyl (C=O) groups excluding carboxylic acids is 1. The van der Waals surface area contributed by atoms with Crippen molar-refractivity contribution in [1.29, 1.82) is 0 Å². The van der Waals surface area contributed by atoms with Gasteiger partial charge >= 0.3 is 6.09 Å². The van der Waals surface area contributed by atoms with Gasteiger partial charge in [-0.2, -0.15) is 0 Å². The summed E-state index contributed by atoms with van der Waals surface area (Å²) >= 11 is 5.53. The van der Waals surface area contributed by atoms with Crippen LogP contribution in [0.1, 0.15) is 11.6 Å². The van der Waals surface area contributed by atoms with Crippen LogP contribution in [0.5, 0.6) is 0 Å².